The number of aliphatic carboxylic acids is 1. The molecule has 2 rings (SSSR count). The van der Waals surface area contributed by atoms with Crippen molar-refractivity contribution in [2.75, 3.05) is 13.1 Å². The average molecular weight is 396 g/mol. The van der Waals surface area contributed by atoms with Gasteiger partial charge in [-0.15, -0.1) is 0 Å². The zero-order chi connectivity index (χ0) is 20.8. The van der Waals surface area contributed by atoms with Crippen molar-refractivity contribution in [3.05, 3.63) is 0 Å². The molecule has 4 N–H and O–H groups in total. The predicted octanol–water partition coefficient (Wildman–Crippen LogP) is -0.150. The SMILES string of the molecule is CC(C)CC(NC(=O)C(C)NC(=O)C1CCCN1C(=O)C1CCCN1)C(=O)O. The molecule has 0 aromatic carbocycles. The molecular formula is C19H32N4O5. The van der Waals surface area contributed by atoms with Crippen LogP contribution in [0.3, 0.4) is 0 Å². The lowest BCUT2D eigenvalue weighted by atomic mass is 10.0. The lowest BCUT2D eigenvalue weighted by molar-refractivity contribution is -0.143. The minimum absolute atomic E-state index is 0.0601. The van der Waals surface area contributed by atoms with E-state index in [9.17, 15) is 24.3 Å². The van der Waals surface area contributed by atoms with Crippen LogP contribution in [-0.4, -0.2) is 71.0 Å². The van der Waals surface area contributed by atoms with Gasteiger partial charge in [0.2, 0.25) is 17.7 Å². The van der Waals surface area contributed by atoms with Crippen LogP contribution >= 0.6 is 0 Å². The van der Waals surface area contributed by atoms with Crippen LogP contribution in [0, 0.1) is 5.92 Å². The first-order valence-electron chi connectivity index (χ1n) is 10.1. The Kier molecular flexibility index (Phi) is 7.79. The Balaban J connectivity index is 1.91. The smallest absolute Gasteiger partial charge is 0.326 e. The molecule has 2 aliphatic heterocycles. The second-order valence-corrected chi connectivity index (χ2v) is 8.10. The van der Waals surface area contributed by atoms with Crippen molar-refractivity contribution < 1.29 is 24.3 Å². The van der Waals surface area contributed by atoms with Crippen LogP contribution in [-0.2, 0) is 19.2 Å². The zero-order valence-corrected chi connectivity index (χ0v) is 16.9. The molecule has 4 atom stereocenters. The Labute approximate surface area is 165 Å². The summed E-state index contributed by atoms with van der Waals surface area (Å²) in [5, 5.41) is 17.5. The summed E-state index contributed by atoms with van der Waals surface area (Å²) in [5.74, 6) is -1.97. The number of hydrogen-bond donors (Lipinski definition) is 4. The van der Waals surface area contributed by atoms with Crippen LogP contribution in [0.15, 0.2) is 0 Å². The molecule has 28 heavy (non-hydrogen) atoms. The van der Waals surface area contributed by atoms with Crippen molar-refractivity contribution in [1.82, 2.24) is 20.9 Å². The third kappa shape index (κ3) is 5.67. The topological polar surface area (TPSA) is 128 Å². The van der Waals surface area contributed by atoms with Crippen LogP contribution in [0.1, 0.15) is 52.9 Å². The minimum atomic E-state index is -1.10. The van der Waals surface area contributed by atoms with E-state index < -0.39 is 30.0 Å². The van der Waals surface area contributed by atoms with Crippen molar-refractivity contribution in [3.8, 4) is 0 Å². The number of hydrogen-bond acceptors (Lipinski definition) is 5. The largest absolute Gasteiger partial charge is 0.480 e. The Morgan fingerprint density at radius 1 is 1.11 bits per heavy atom. The Bertz CT molecular complexity index is 603. The van der Waals surface area contributed by atoms with E-state index in [1.54, 1.807) is 4.90 Å². The summed E-state index contributed by atoms with van der Waals surface area (Å²) in [7, 11) is 0. The van der Waals surface area contributed by atoms with Gasteiger partial charge in [0, 0.05) is 6.54 Å². The standard InChI is InChI=1S/C19H32N4O5/c1-11(2)10-14(19(27)28)22-16(24)12(3)21-17(25)15-7-5-9-23(15)18(26)13-6-4-8-20-13/h11-15,20H,4-10H2,1-3H3,(H,21,25)(H,22,24)(H,27,28). The highest BCUT2D eigenvalue weighted by molar-refractivity contribution is 5.94. The molecule has 2 heterocycles. The number of carbonyl (C=O) groups excluding carboxylic acids is 3. The van der Waals surface area contributed by atoms with Crippen LogP contribution in [0.25, 0.3) is 0 Å². The van der Waals surface area contributed by atoms with E-state index in [0.29, 0.717) is 19.4 Å². The lowest BCUT2D eigenvalue weighted by Crippen LogP contribution is -2.55. The highest BCUT2D eigenvalue weighted by Crippen LogP contribution is 2.21. The maximum atomic E-state index is 12.7. The number of carboxylic acids is 1. The van der Waals surface area contributed by atoms with Gasteiger partial charge in [0.1, 0.15) is 18.1 Å². The number of likely N-dealkylation sites (tertiary alicyclic amines) is 1. The molecule has 2 aliphatic rings. The summed E-state index contributed by atoms with van der Waals surface area (Å²) in [6, 6.07) is -2.70. The van der Waals surface area contributed by atoms with Gasteiger partial charge < -0.3 is 26.0 Å². The molecule has 0 bridgehead atoms. The van der Waals surface area contributed by atoms with E-state index in [0.717, 1.165) is 25.8 Å². The van der Waals surface area contributed by atoms with Gasteiger partial charge in [0.05, 0.1) is 6.04 Å². The van der Waals surface area contributed by atoms with Crippen molar-refractivity contribution in [3.63, 3.8) is 0 Å². The Hall–Kier alpha value is -2.16. The zero-order valence-electron chi connectivity index (χ0n) is 16.9. The maximum absolute atomic E-state index is 12.7. The van der Waals surface area contributed by atoms with Gasteiger partial charge in [-0.25, -0.2) is 4.79 Å². The molecule has 2 fully saturated rings. The summed E-state index contributed by atoms with van der Waals surface area (Å²) in [4.78, 5) is 50.6. The molecule has 0 spiro atoms. The predicted molar refractivity (Wildman–Crippen MR) is 102 cm³/mol. The van der Waals surface area contributed by atoms with Gasteiger partial charge in [-0.2, -0.15) is 0 Å². The molecule has 0 aliphatic carbocycles. The van der Waals surface area contributed by atoms with Gasteiger partial charge in [0.15, 0.2) is 0 Å². The van der Waals surface area contributed by atoms with Gasteiger partial charge in [0.25, 0.3) is 0 Å². The summed E-state index contributed by atoms with van der Waals surface area (Å²) < 4.78 is 0. The average Bonchev–Trinajstić information content (AvgIpc) is 3.31. The number of carboxylic acid groups (broad SMARTS) is 1. The van der Waals surface area contributed by atoms with Crippen LogP contribution in [0.2, 0.25) is 0 Å². The van der Waals surface area contributed by atoms with E-state index in [-0.39, 0.29) is 23.8 Å². The summed E-state index contributed by atoms with van der Waals surface area (Å²) in [5.41, 5.74) is 0. The summed E-state index contributed by atoms with van der Waals surface area (Å²) >= 11 is 0. The van der Waals surface area contributed by atoms with Crippen LogP contribution < -0.4 is 16.0 Å². The van der Waals surface area contributed by atoms with Crippen molar-refractivity contribution in [2.45, 2.75) is 77.0 Å². The minimum Gasteiger partial charge on any atom is -0.480 e. The molecule has 0 aromatic heterocycles. The van der Waals surface area contributed by atoms with Crippen molar-refractivity contribution in [1.29, 1.82) is 0 Å². The first-order valence-corrected chi connectivity index (χ1v) is 10.1. The first kappa shape index (κ1) is 22.1. The molecule has 158 valence electrons. The van der Waals surface area contributed by atoms with Crippen molar-refractivity contribution >= 4 is 23.7 Å². The fraction of sp³-hybridized carbons (Fsp3) is 0.789. The molecule has 0 aromatic rings. The number of nitrogens with one attached hydrogen (secondary N) is 3. The second-order valence-electron chi connectivity index (χ2n) is 8.10. The molecular weight excluding hydrogens is 364 g/mol. The van der Waals surface area contributed by atoms with E-state index in [1.165, 1.54) is 6.92 Å². The quantitative estimate of drug-likeness (QED) is 0.452. The molecule has 4 unspecified atom stereocenters. The number of nitrogens with zero attached hydrogens (tertiary/aromatic N) is 1. The highest BCUT2D eigenvalue weighted by atomic mass is 16.4. The number of amides is 3. The molecule has 9 heteroatoms. The fourth-order valence-electron chi connectivity index (χ4n) is 3.76. The Morgan fingerprint density at radius 2 is 1.82 bits per heavy atom. The summed E-state index contributed by atoms with van der Waals surface area (Å²) in [6.07, 6.45) is 3.33. The van der Waals surface area contributed by atoms with Gasteiger partial charge in [-0.3, -0.25) is 14.4 Å². The van der Waals surface area contributed by atoms with E-state index in [2.05, 4.69) is 16.0 Å². The molecule has 0 radical (unpaired) electrons. The van der Waals surface area contributed by atoms with Crippen molar-refractivity contribution in [2.24, 2.45) is 5.92 Å². The third-order valence-corrected chi connectivity index (χ3v) is 5.27. The van der Waals surface area contributed by atoms with Gasteiger partial charge in [-0.05, 0) is 51.5 Å². The van der Waals surface area contributed by atoms with E-state index in [1.807, 2.05) is 13.8 Å². The second kappa shape index (κ2) is 9.86. The fourth-order valence-corrected chi connectivity index (χ4v) is 3.76. The monoisotopic (exact) mass is 396 g/mol. The van der Waals surface area contributed by atoms with Gasteiger partial charge >= 0.3 is 5.97 Å². The molecule has 3 amide bonds. The van der Waals surface area contributed by atoms with E-state index >= 15 is 0 Å². The van der Waals surface area contributed by atoms with E-state index in [4.69, 9.17) is 0 Å². The van der Waals surface area contributed by atoms with Crippen LogP contribution in [0.5, 0.6) is 0 Å². The summed E-state index contributed by atoms with van der Waals surface area (Å²) in [6.45, 7) is 6.60. The van der Waals surface area contributed by atoms with Crippen LogP contribution in [0.4, 0.5) is 0 Å². The first-order chi connectivity index (χ1) is 13.2. The van der Waals surface area contributed by atoms with Gasteiger partial charge in [-0.1, -0.05) is 13.8 Å². The third-order valence-electron chi connectivity index (χ3n) is 5.27. The molecule has 9 nitrogen and oxygen atoms in total. The normalized spacial score (nSPS) is 24.1. The number of carbonyl (C=O) groups is 4. The molecule has 2 saturated heterocycles. The lowest BCUT2D eigenvalue weighted by Gasteiger charge is -2.28. The Morgan fingerprint density at radius 3 is 2.39 bits per heavy atom. The maximum Gasteiger partial charge on any atom is 0.326 e. The highest BCUT2D eigenvalue weighted by Gasteiger charge is 2.38. The molecule has 0 saturated carbocycles. The number of rotatable bonds is 8.